The largest absolute Gasteiger partial charge is 0.481 e. The topological polar surface area (TPSA) is 59.3 Å². The lowest BCUT2D eigenvalue weighted by Crippen LogP contribution is -2.23. The summed E-state index contributed by atoms with van der Waals surface area (Å²) in [5.41, 5.74) is 0.600. The van der Waals surface area contributed by atoms with Crippen LogP contribution in [0, 0.1) is 12.7 Å². The number of aliphatic carboxylic acids is 1. The molecule has 0 saturated heterocycles. The standard InChI is InChI=1S/C16H18FNO3/c1-4-9(2)18-10(3)12(8-14(19)20)16(21)11-6-5-7-13(17)15(11)18/h5-7,9H,4,8H2,1-3H3,(H,19,20). The molecule has 0 spiro atoms. The maximum Gasteiger partial charge on any atom is 0.308 e. The van der Waals surface area contributed by atoms with E-state index in [-0.39, 0.29) is 28.9 Å². The second-order valence-corrected chi connectivity index (χ2v) is 5.23. The van der Waals surface area contributed by atoms with E-state index in [1.165, 1.54) is 12.1 Å². The van der Waals surface area contributed by atoms with Crippen LogP contribution in [0.15, 0.2) is 23.0 Å². The second kappa shape index (κ2) is 5.68. The molecule has 1 aromatic heterocycles. The van der Waals surface area contributed by atoms with E-state index in [0.717, 1.165) is 6.42 Å². The summed E-state index contributed by atoms with van der Waals surface area (Å²) in [4.78, 5) is 23.5. The molecule has 0 aliphatic carbocycles. The number of fused-ring (bicyclic) bond motifs is 1. The molecular weight excluding hydrogens is 273 g/mol. The summed E-state index contributed by atoms with van der Waals surface area (Å²) >= 11 is 0. The molecule has 4 nitrogen and oxygen atoms in total. The number of rotatable bonds is 4. The van der Waals surface area contributed by atoms with Gasteiger partial charge in [0.1, 0.15) is 5.82 Å². The number of carbonyl (C=O) groups is 1. The van der Waals surface area contributed by atoms with Crippen LogP contribution in [0.1, 0.15) is 37.6 Å². The molecule has 1 aromatic carbocycles. The molecule has 0 bridgehead atoms. The van der Waals surface area contributed by atoms with Crippen molar-refractivity contribution in [3.63, 3.8) is 0 Å². The fourth-order valence-electron chi connectivity index (χ4n) is 2.68. The summed E-state index contributed by atoms with van der Waals surface area (Å²) in [5.74, 6) is -1.53. The fourth-order valence-corrected chi connectivity index (χ4v) is 2.68. The number of carboxylic acids is 1. The Bertz CT molecular complexity index is 764. The Morgan fingerprint density at radius 2 is 2.10 bits per heavy atom. The lowest BCUT2D eigenvalue weighted by molar-refractivity contribution is -0.136. The first-order chi connectivity index (χ1) is 9.88. The Balaban J connectivity index is 2.96. The molecule has 21 heavy (non-hydrogen) atoms. The first-order valence-electron chi connectivity index (χ1n) is 6.92. The summed E-state index contributed by atoms with van der Waals surface area (Å²) in [6, 6.07) is 4.30. The first kappa shape index (κ1) is 15.2. The number of hydrogen-bond acceptors (Lipinski definition) is 2. The van der Waals surface area contributed by atoms with Crippen LogP contribution in [0.25, 0.3) is 10.9 Å². The molecule has 1 atom stereocenters. The van der Waals surface area contributed by atoms with Gasteiger partial charge in [0, 0.05) is 22.7 Å². The van der Waals surface area contributed by atoms with Crippen molar-refractivity contribution in [2.75, 3.05) is 0 Å². The number of para-hydroxylation sites is 1. The van der Waals surface area contributed by atoms with Crippen LogP contribution in [0.4, 0.5) is 4.39 Å². The third-order valence-corrected chi connectivity index (χ3v) is 3.90. The highest BCUT2D eigenvalue weighted by atomic mass is 19.1. The van der Waals surface area contributed by atoms with Crippen LogP contribution in [0.5, 0.6) is 0 Å². The molecule has 1 unspecified atom stereocenters. The Kier molecular flexibility index (Phi) is 4.11. The van der Waals surface area contributed by atoms with Crippen LogP contribution >= 0.6 is 0 Å². The summed E-state index contributed by atoms with van der Waals surface area (Å²) in [7, 11) is 0. The van der Waals surface area contributed by atoms with Gasteiger partial charge in [-0.3, -0.25) is 9.59 Å². The quantitative estimate of drug-likeness (QED) is 0.942. The Morgan fingerprint density at radius 3 is 2.67 bits per heavy atom. The van der Waals surface area contributed by atoms with Crippen molar-refractivity contribution in [2.45, 2.75) is 39.7 Å². The van der Waals surface area contributed by atoms with Crippen LogP contribution < -0.4 is 5.43 Å². The molecule has 2 rings (SSSR count). The number of benzene rings is 1. The molecule has 0 aliphatic rings. The summed E-state index contributed by atoms with van der Waals surface area (Å²) in [6.45, 7) is 5.57. The zero-order chi connectivity index (χ0) is 15.7. The van der Waals surface area contributed by atoms with E-state index in [9.17, 15) is 14.0 Å². The van der Waals surface area contributed by atoms with Gasteiger partial charge >= 0.3 is 5.97 Å². The average molecular weight is 291 g/mol. The number of carboxylic acid groups (broad SMARTS) is 1. The average Bonchev–Trinajstić information content (AvgIpc) is 2.44. The van der Waals surface area contributed by atoms with Gasteiger partial charge in [0.15, 0.2) is 5.43 Å². The zero-order valence-corrected chi connectivity index (χ0v) is 12.3. The highest BCUT2D eigenvalue weighted by Gasteiger charge is 2.20. The number of nitrogens with zero attached hydrogens (tertiary/aromatic N) is 1. The molecule has 112 valence electrons. The molecule has 5 heteroatoms. The minimum absolute atomic E-state index is 0.0301. The van der Waals surface area contributed by atoms with Crippen molar-refractivity contribution in [3.8, 4) is 0 Å². The van der Waals surface area contributed by atoms with Crippen LogP contribution in [-0.4, -0.2) is 15.6 Å². The number of hydrogen-bond donors (Lipinski definition) is 1. The van der Waals surface area contributed by atoms with E-state index in [1.54, 1.807) is 17.6 Å². The lowest BCUT2D eigenvalue weighted by Gasteiger charge is -2.23. The predicted octanol–water partition coefficient (Wildman–Crippen LogP) is 3.05. The smallest absolute Gasteiger partial charge is 0.308 e. The maximum absolute atomic E-state index is 14.2. The molecule has 1 heterocycles. The number of pyridine rings is 1. The highest BCUT2D eigenvalue weighted by Crippen LogP contribution is 2.25. The number of aromatic nitrogens is 1. The Hall–Kier alpha value is -2.17. The summed E-state index contributed by atoms with van der Waals surface area (Å²) in [5, 5.41) is 9.24. The van der Waals surface area contributed by atoms with E-state index in [0.29, 0.717) is 5.69 Å². The summed E-state index contributed by atoms with van der Waals surface area (Å²) in [6.07, 6.45) is 0.396. The van der Waals surface area contributed by atoms with Crippen molar-refractivity contribution in [2.24, 2.45) is 0 Å². The van der Waals surface area contributed by atoms with Gasteiger partial charge in [-0.15, -0.1) is 0 Å². The van der Waals surface area contributed by atoms with E-state index in [4.69, 9.17) is 5.11 Å². The Morgan fingerprint density at radius 1 is 1.43 bits per heavy atom. The first-order valence-corrected chi connectivity index (χ1v) is 6.92. The lowest BCUT2D eigenvalue weighted by atomic mass is 10.0. The summed E-state index contributed by atoms with van der Waals surface area (Å²) < 4.78 is 16.0. The van der Waals surface area contributed by atoms with Gasteiger partial charge in [-0.25, -0.2) is 4.39 Å². The van der Waals surface area contributed by atoms with Crippen molar-refractivity contribution in [1.29, 1.82) is 0 Å². The predicted molar refractivity (Wildman–Crippen MR) is 79.2 cm³/mol. The van der Waals surface area contributed by atoms with E-state index < -0.39 is 17.2 Å². The zero-order valence-electron chi connectivity index (χ0n) is 12.3. The van der Waals surface area contributed by atoms with Crippen molar-refractivity contribution in [3.05, 3.63) is 45.5 Å². The van der Waals surface area contributed by atoms with Gasteiger partial charge in [0.2, 0.25) is 0 Å². The van der Waals surface area contributed by atoms with Gasteiger partial charge in [-0.05, 0) is 32.4 Å². The molecule has 0 radical (unpaired) electrons. The van der Waals surface area contributed by atoms with Crippen molar-refractivity contribution in [1.82, 2.24) is 4.57 Å². The van der Waals surface area contributed by atoms with Gasteiger partial charge in [0.25, 0.3) is 0 Å². The molecule has 0 fully saturated rings. The SMILES string of the molecule is CCC(C)n1c(C)c(CC(=O)O)c(=O)c2cccc(F)c21. The second-order valence-electron chi connectivity index (χ2n) is 5.23. The van der Waals surface area contributed by atoms with Crippen LogP contribution in [0.2, 0.25) is 0 Å². The minimum Gasteiger partial charge on any atom is -0.481 e. The van der Waals surface area contributed by atoms with Gasteiger partial charge in [0.05, 0.1) is 11.9 Å². The maximum atomic E-state index is 14.2. The minimum atomic E-state index is -1.07. The Labute approximate surface area is 121 Å². The fraction of sp³-hybridized carbons (Fsp3) is 0.375. The molecule has 1 N–H and O–H groups in total. The molecule has 2 aromatic rings. The third-order valence-electron chi connectivity index (χ3n) is 3.90. The highest BCUT2D eigenvalue weighted by molar-refractivity contribution is 5.82. The van der Waals surface area contributed by atoms with E-state index in [1.807, 2.05) is 13.8 Å². The van der Waals surface area contributed by atoms with E-state index in [2.05, 4.69) is 0 Å². The monoisotopic (exact) mass is 291 g/mol. The van der Waals surface area contributed by atoms with Crippen LogP contribution in [-0.2, 0) is 11.2 Å². The molecular formula is C16H18FNO3. The van der Waals surface area contributed by atoms with Crippen molar-refractivity contribution < 1.29 is 14.3 Å². The van der Waals surface area contributed by atoms with Gasteiger partial charge in [-0.2, -0.15) is 0 Å². The number of halogens is 1. The third kappa shape index (κ3) is 2.55. The molecule has 0 amide bonds. The van der Waals surface area contributed by atoms with Crippen LogP contribution in [0.3, 0.4) is 0 Å². The molecule has 0 aliphatic heterocycles. The van der Waals surface area contributed by atoms with E-state index >= 15 is 0 Å². The van der Waals surface area contributed by atoms with Crippen molar-refractivity contribution >= 4 is 16.9 Å². The molecule has 0 saturated carbocycles. The van der Waals surface area contributed by atoms with Gasteiger partial charge in [-0.1, -0.05) is 13.0 Å². The normalized spacial score (nSPS) is 12.6. The van der Waals surface area contributed by atoms with Gasteiger partial charge < -0.3 is 9.67 Å².